The average Bonchev–Trinajstić information content (AvgIpc) is 2.47. The van der Waals surface area contributed by atoms with Gasteiger partial charge in [0, 0.05) is 30.8 Å². The molecule has 98 valence electrons. The summed E-state index contributed by atoms with van der Waals surface area (Å²) < 4.78 is 0. The van der Waals surface area contributed by atoms with E-state index >= 15 is 0 Å². The summed E-state index contributed by atoms with van der Waals surface area (Å²) in [5.74, 6) is -0.154. The Bertz CT molecular complexity index is 581. The number of hydrogen-bond donors (Lipinski definition) is 2. The summed E-state index contributed by atoms with van der Waals surface area (Å²) in [6.45, 7) is 2.06. The summed E-state index contributed by atoms with van der Waals surface area (Å²) in [5.41, 5.74) is 3.27. The Morgan fingerprint density at radius 3 is 2.74 bits per heavy atom. The van der Waals surface area contributed by atoms with Crippen LogP contribution in [0.25, 0.3) is 0 Å². The van der Waals surface area contributed by atoms with Crippen LogP contribution >= 0.6 is 0 Å². The molecule has 0 radical (unpaired) electrons. The first-order valence-electron chi connectivity index (χ1n) is 6.27. The normalized spacial score (nSPS) is 10.0. The number of anilines is 2. The molecule has 0 bridgehead atoms. The highest BCUT2D eigenvalue weighted by Crippen LogP contribution is 2.19. The van der Waals surface area contributed by atoms with Gasteiger partial charge in [-0.1, -0.05) is 25.1 Å². The highest BCUT2D eigenvalue weighted by Gasteiger charge is 2.12. The highest BCUT2D eigenvalue weighted by molar-refractivity contribution is 6.08. The number of carbonyl (C=O) groups excluding carboxylic acids is 1. The zero-order valence-corrected chi connectivity index (χ0v) is 11.1. The van der Waals surface area contributed by atoms with E-state index in [0.717, 1.165) is 23.4 Å². The minimum Gasteiger partial charge on any atom is -0.387 e. The van der Waals surface area contributed by atoms with Crippen LogP contribution in [0.5, 0.6) is 0 Å². The summed E-state index contributed by atoms with van der Waals surface area (Å²) in [6, 6.07) is 9.58. The summed E-state index contributed by atoms with van der Waals surface area (Å²) in [5, 5.41) is 5.92. The van der Waals surface area contributed by atoms with Crippen molar-refractivity contribution in [3.63, 3.8) is 0 Å². The third kappa shape index (κ3) is 2.91. The minimum absolute atomic E-state index is 0.154. The second-order valence-corrected chi connectivity index (χ2v) is 4.14. The molecule has 0 aliphatic rings. The second-order valence-electron chi connectivity index (χ2n) is 4.14. The number of rotatable bonds is 4. The van der Waals surface area contributed by atoms with Crippen molar-refractivity contribution >= 4 is 17.3 Å². The number of nitrogens with zero attached hydrogens (tertiary/aromatic N) is 1. The molecule has 0 aliphatic carbocycles. The third-order valence-corrected chi connectivity index (χ3v) is 2.98. The SMILES string of the molecule is CCc1ccccc1NC(=O)c1cnccc1NC. The first-order valence-corrected chi connectivity index (χ1v) is 6.27. The Balaban J connectivity index is 2.26. The predicted molar refractivity (Wildman–Crippen MR) is 77.6 cm³/mol. The van der Waals surface area contributed by atoms with Crippen LogP contribution < -0.4 is 10.6 Å². The van der Waals surface area contributed by atoms with Crippen molar-refractivity contribution in [2.24, 2.45) is 0 Å². The molecule has 0 atom stereocenters. The lowest BCUT2D eigenvalue weighted by Crippen LogP contribution is -2.15. The smallest absolute Gasteiger partial charge is 0.259 e. The van der Waals surface area contributed by atoms with Gasteiger partial charge in [0.1, 0.15) is 0 Å². The maximum atomic E-state index is 12.3. The van der Waals surface area contributed by atoms with E-state index in [1.807, 2.05) is 24.3 Å². The van der Waals surface area contributed by atoms with Crippen LogP contribution in [0.3, 0.4) is 0 Å². The van der Waals surface area contributed by atoms with Gasteiger partial charge < -0.3 is 10.6 Å². The van der Waals surface area contributed by atoms with Crippen molar-refractivity contribution in [2.75, 3.05) is 17.7 Å². The summed E-state index contributed by atoms with van der Waals surface area (Å²) in [7, 11) is 1.78. The molecule has 1 amide bonds. The van der Waals surface area contributed by atoms with E-state index in [-0.39, 0.29) is 5.91 Å². The van der Waals surface area contributed by atoms with Gasteiger partial charge >= 0.3 is 0 Å². The van der Waals surface area contributed by atoms with E-state index in [9.17, 15) is 4.79 Å². The molecule has 4 nitrogen and oxygen atoms in total. The minimum atomic E-state index is -0.154. The van der Waals surface area contributed by atoms with E-state index < -0.39 is 0 Å². The molecule has 0 saturated carbocycles. The fourth-order valence-electron chi connectivity index (χ4n) is 1.93. The lowest BCUT2D eigenvalue weighted by Gasteiger charge is -2.11. The van der Waals surface area contributed by atoms with Gasteiger partial charge in [-0.15, -0.1) is 0 Å². The first kappa shape index (κ1) is 13.1. The Morgan fingerprint density at radius 2 is 2.00 bits per heavy atom. The van der Waals surface area contributed by atoms with Gasteiger partial charge in [0.2, 0.25) is 0 Å². The van der Waals surface area contributed by atoms with Crippen LogP contribution in [-0.2, 0) is 6.42 Å². The van der Waals surface area contributed by atoms with E-state index in [1.54, 1.807) is 25.5 Å². The largest absolute Gasteiger partial charge is 0.387 e. The average molecular weight is 255 g/mol. The molecule has 0 aliphatic heterocycles. The monoisotopic (exact) mass is 255 g/mol. The molecule has 2 aromatic rings. The standard InChI is InChI=1S/C15H17N3O/c1-3-11-6-4-5-7-13(11)18-15(19)12-10-17-9-8-14(12)16-2/h4-10H,3H2,1-2H3,(H,16,17)(H,18,19). The number of benzene rings is 1. The quantitative estimate of drug-likeness (QED) is 0.883. The third-order valence-electron chi connectivity index (χ3n) is 2.98. The number of hydrogen-bond acceptors (Lipinski definition) is 3. The van der Waals surface area contributed by atoms with Crippen molar-refractivity contribution in [2.45, 2.75) is 13.3 Å². The number of amides is 1. The van der Waals surface area contributed by atoms with Gasteiger partial charge in [-0.3, -0.25) is 9.78 Å². The zero-order chi connectivity index (χ0) is 13.7. The summed E-state index contributed by atoms with van der Waals surface area (Å²) in [6.07, 6.45) is 4.10. The molecular weight excluding hydrogens is 238 g/mol. The van der Waals surface area contributed by atoms with Gasteiger partial charge in [0.05, 0.1) is 5.56 Å². The molecular formula is C15H17N3O. The van der Waals surface area contributed by atoms with Crippen molar-refractivity contribution in [1.29, 1.82) is 0 Å². The highest BCUT2D eigenvalue weighted by atomic mass is 16.1. The lowest BCUT2D eigenvalue weighted by molar-refractivity contribution is 0.102. The number of aromatic nitrogens is 1. The van der Waals surface area contributed by atoms with Crippen molar-refractivity contribution in [3.05, 3.63) is 53.9 Å². The van der Waals surface area contributed by atoms with E-state index in [1.165, 1.54) is 0 Å². The fraction of sp³-hybridized carbons (Fsp3) is 0.200. The van der Waals surface area contributed by atoms with E-state index in [2.05, 4.69) is 22.5 Å². The molecule has 4 heteroatoms. The van der Waals surface area contributed by atoms with Gasteiger partial charge in [-0.25, -0.2) is 0 Å². The maximum absolute atomic E-state index is 12.3. The molecule has 0 unspecified atom stereocenters. The number of para-hydroxylation sites is 1. The van der Waals surface area contributed by atoms with Crippen molar-refractivity contribution in [1.82, 2.24) is 4.98 Å². The molecule has 1 heterocycles. The van der Waals surface area contributed by atoms with Crippen LogP contribution in [0.15, 0.2) is 42.7 Å². The van der Waals surface area contributed by atoms with Crippen molar-refractivity contribution in [3.8, 4) is 0 Å². The Morgan fingerprint density at radius 1 is 1.21 bits per heavy atom. The summed E-state index contributed by atoms with van der Waals surface area (Å²) in [4.78, 5) is 16.3. The van der Waals surface area contributed by atoms with Crippen molar-refractivity contribution < 1.29 is 4.79 Å². The van der Waals surface area contributed by atoms with Crippen LogP contribution in [0.4, 0.5) is 11.4 Å². The van der Waals surface area contributed by atoms with Gasteiger partial charge in [0.25, 0.3) is 5.91 Å². The van der Waals surface area contributed by atoms with E-state index in [4.69, 9.17) is 0 Å². The number of nitrogens with one attached hydrogen (secondary N) is 2. The lowest BCUT2D eigenvalue weighted by atomic mass is 10.1. The molecule has 0 saturated heterocycles. The fourth-order valence-corrected chi connectivity index (χ4v) is 1.93. The predicted octanol–water partition coefficient (Wildman–Crippen LogP) is 2.94. The second kappa shape index (κ2) is 6.00. The van der Waals surface area contributed by atoms with Gasteiger partial charge in [-0.2, -0.15) is 0 Å². The molecule has 1 aromatic carbocycles. The molecule has 0 spiro atoms. The zero-order valence-electron chi connectivity index (χ0n) is 11.1. The van der Waals surface area contributed by atoms with E-state index in [0.29, 0.717) is 5.56 Å². The number of pyridine rings is 1. The molecule has 0 fully saturated rings. The maximum Gasteiger partial charge on any atom is 0.259 e. The Labute approximate surface area is 112 Å². The van der Waals surface area contributed by atoms with Crippen LogP contribution in [0, 0.1) is 0 Å². The van der Waals surface area contributed by atoms with Crippen LogP contribution in [0.1, 0.15) is 22.8 Å². The number of aryl methyl sites for hydroxylation is 1. The topological polar surface area (TPSA) is 54.0 Å². The summed E-state index contributed by atoms with van der Waals surface area (Å²) >= 11 is 0. The Hall–Kier alpha value is -2.36. The van der Waals surface area contributed by atoms with Crippen LogP contribution in [-0.4, -0.2) is 17.9 Å². The molecule has 2 rings (SSSR count). The molecule has 2 N–H and O–H groups in total. The van der Waals surface area contributed by atoms with Gasteiger partial charge in [-0.05, 0) is 24.1 Å². The first-order chi connectivity index (χ1) is 9.26. The Kier molecular flexibility index (Phi) is 4.13. The van der Waals surface area contributed by atoms with Crippen LogP contribution in [0.2, 0.25) is 0 Å². The van der Waals surface area contributed by atoms with Gasteiger partial charge in [0.15, 0.2) is 0 Å². The molecule has 19 heavy (non-hydrogen) atoms. The number of carbonyl (C=O) groups is 1. The molecule has 1 aromatic heterocycles.